The Hall–Kier alpha value is -0.730. The molecule has 0 aliphatic rings. The number of hydrogen-bond donors (Lipinski definition) is 3. The van der Waals surface area contributed by atoms with Gasteiger partial charge in [-0.15, -0.1) is 0 Å². The van der Waals surface area contributed by atoms with Crippen molar-refractivity contribution in [3.8, 4) is 0 Å². The molecule has 0 amide bonds. The van der Waals surface area contributed by atoms with Crippen LogP contribution in [0.1, 0.15) is 0 Å². The molecule has 0 aliphatic heterocycles. The van der Waals surface area contributed by atoms with E-state index in [4.69, 9.17) is 5.67 Å². The summed E-state index contributed by atoms with van der Waals surface area (Å²) in [6.45, 7) is 0. The molecule has 3 heteroatoms. The SMILES string of the molecule is [2H]N=C(O[2H])N([2H])[2H]. The Labute approximate surface area is 29.4 Å². The summed E-state index contributed by atoms with van der Waals surface area (Å²) in [5, 5.41) is 6.04. The fourth-order valence-corrected chi connectivity index (χ4v) is 0. The molecule has 0 aromatic rings. The van der Waals surface area contributed by atoms with Crippen LogP contribution in [-0.4, -0.2) is 11.1 Å². The van der Waals surface area contributed by atoms with Crippen LogP contribution in [0, 0.1) is 5.40 Å². The van der Waals surface area contributed by atoms with Crippen molar-refractivity contribution in [2.45, 2.75) is 0 Å². The molecule has 0 saturated carbocycles. The van der Waals surface area contributed by atoms with E-state index >= 15 is 0 Å². The molecule has 0 aliphatic carbocycles. The molecule has 0 saturated heterocycles. The minimum absolute atomic E-state index is 0.0694. The highest BCUT2D eigenvalue weighted by Crippen LogP contribution is 1.25. The number of nitrogens with two attached hydrogens (primary N) is 1. The van der Waals surface area contributed by atoms with E-state index in [0.717, 1.165) is 0 Å². The standard InChI is InChI=1S/CH4N2O/c2-1(3)4/h(H4,2,3,4)/i/hD4. The molecule has 3 nitrogen and oxygen atoms in total. The van der Waals surface area contributed by atoms with Gasteiger partial charge in [-0.3, -0.25) is 5.40 Å². The van der Waals surface area contributed by atoms with Gasteiger partial charge in [0, 0.05) is 0 Å². The summed E-state index contributed by atoms with van der Waals surface area (Å²) in [5.74, 6) is 0. The molecule has 0 radical (unpaired) electrons. The summed E-state index contributed by atoms with van der Waals surface area (Å²) in [4.78, 5) is 0. The second kappa shape index (κ2) is 0.711. The van der Waals surface area contributed by atoms with Crippen molar-refractivity contribution >= 4 is 6.02 Å². The highest BCUT2D eigenvalue weighted by atomic mass is 16.3. The van der Waals surface area contributed by atoms with E-state index in [-0.39, 0.29) is 5.72 Å². The molecule has 0 spiro atoms. The molecule has 0 bridgehead atoms. The predicted octanol–water partition coefficient (Wildman–Crippen LogP) is -0.562. The summed E-state index contributed by atoms with van der Waals surface area (Å²) >= 11 is 0. The van der Waals surface area contributed by atoms with E-state index < -0.39 is 6.02 Å². The van der Waals surface area contributed by atoms with Crippen LogP contribution < -0.4 is 5.72 Å². The molecule has 0 rings (SSSR count). The average Bonchev–Trinajstić information content (AvgIpc) is 1.69. The smallest absolute Gasteiger partial charge is 0.296 e. The first kappa shape index (κ1) is 0.429. The van der Waals surface area contributed by atoms with Crippen molar-refractivity contribution in [2.24, 2.45) is 5.72 Å². The maximum absolute atomic E-state index is 6.34. The van der Waals surface area contributed by atoms with Gasteiger partial charge in [0.15, 0.2) is 4.24 Å². The molecular weight excluding hydrogens is 56.0 g/mol. The van der Waals surface area contributed by atoms with Gasteiger partial charge >= 0.3 is 0 Å². The summed E-state index contributed by atoms with van der Waals surface area (Å²) < 4.78 is 24.9. The minimum atomic E-state index is -0.690. The van der Waals surface area contributed by atoms with E-state index in [9.17, 15) is 0 Å². The maximum atomic E-state index is 6.34. The lowest BCUT2D eigenvalue weighted by atomic mass is 11.3. The van der Waals surface area contributed by atoms with Crippen LogP contribution in [0.2, 0.25) is 4.24 Å². The third kappa shape index (κ3) is 0.174. The lowest BCUT2D eigenvalue weighted by molar-refractivity contribution is 0.537. The highest BCUT2D eigenvalue weighted by molar-refractivity contribution is 5.64. The van der Waals surface area contributed by atoms with E-state index in [2.05, 4.69) is 10.5 Å². The van der Waals surface area contributed by atoms with Gasteiger partial charge in [-0.05, 0) is 0 Å². The fraction of sp³-hybridized carbons (Fsp3) is 0. The van der Waals surface area contributed by atoms with Crippen LogP contribution in [0.4, 0.5) is 0 Å². The van der Waals surface area contributed by atoms with Crippen LogP contribution >= 0.6 is 0 Å². The number of aliphatic hydroxyl groups excluding tert-OH is 1. The molecular formula is CH4N2O. The van der Waals surface area contributed by atoms with Crippen molar-refractivity contribution in [1.82, 2.24) is 0 Å². The summed E-state index contributed by atoms with van der Waals surface area (Å²) in [7, 11) is 0. The van der Waals surface area contributed by atoms with E-state index in [1.807, 2.05) is 0 Å². The molecule has 24 valence electrons. The largest absolute Gasteiger partial charge is 0.481 e. The summed E-state index contributed by atoms with van der Waals surface area (Å²) in [6.07, 6.45) is 0. The first-order chi connectivity index (χ1) is 3.72. The quantitative estimate of drug-likeness (QED) is 0.261. The zero-order chi connectivity index (χ0) is 6.57. The number of amidine groups is 1. The van der Waals surface area contributed by atoms with Crippen LogP contribution in [-0.2, 0) is 0 Å². The molecule has 0 aromatic carbocycles. The normalized spacial score (nSPS) is 23.5. The summed E-state index contributed by atoms with van der Waals surface area (Å²) in [5.41, 5.74) is -0.0694. The Morgan fingerprint density at radius 3 is 4.00 bits per heavy atom. The van der Waals surface area contributed by atoms with Crippen molar-refractivity contribution < 1.29 is 9.34 Å². The third-order valence-electron chi connectivity index (χ3n) is 0. The molecule has 0 fully saturated rings. The molecule has 4 heavy (non-hydrogen) atoms. The van der Waals surface area contributed by atoms with Gasteiger partial charge in [0.2, 0.25) is 0 Å². The second-order valence-electron chi connectivity index (χ2n) is 0.283. The van der Waals surface area contributed by atoms with Gasteiger partial charge in [-0.2, -0.15) is 0 Å². The Morgan fingerprint density at radius 1 is 3.00 bits per heavy atom. The van der Waals surface area contributed by atoms with E-state index in [1.54, 1.807) is 0 Å². The summed E-state index contributed by atoms with van der Waals surface area (Å²) in [6, 6.07) is -0.690. The monoisotopic (exact) mass is 64.1 g/mol. The Kier molecular flexibility index (Phi) is 0.0761. The van der Waals surface area contributed by atoms with Gasteiger partial charge in [-0.1, -0.05) is 0 Å². The van der Waals surface area contributed by atoms with Gasteiger partial charge in [-0.25, -0.2) is 0 Å². The molecule has 0 aromatic heterocycles. The number of nitrogens with one attached hydrogen (secondary N) is 1. The highest BCUT2D eigenvalue weighted by Gasteiger charge is 1.56. The van der Waals surface area contributed by atoms with Gasteiger partial charge in [0.25, 0.3) is 7.45 Å². The topological polar surface area (TPSA) is 70.1 Å². The molecule has 4 N–H and O–H groups in total. The zero-order valence-electron chi connectivity index (χ0n) is 5.80. The first-order valence-corrected chi connectivity index (χ1v) is 0.651. The van der Waals surface area contributed by atoms with Crippen molar-refractivity contribution in [2.75, 3.05) is 0 Å². The van der Waals surface area contributed by atoms with Crippen molar-refractivity contribution in [3.63, 3.8) is 0 Å². The molecule has 0 unspecified atom stereocenters. The van der Waals surface area contributed by atoms with Gasteiger partial charge < -0.3 is 10.8 Å². The van der Waals surface area contributed by atoms with E-state index in [0.29, 0.717) is 0 Å². The number of hydrogen-bond acceptors (Lipinski definition) is 2. The van der Waals surface area contributed by atoms with Crippen LogP contribution in [0.3, 0.4) is 0 Å². The lowest BCUT2D eigenvalue weighted by Gasteiger charge is -1.67. The first-order valence-electron chi connectivity index (χ1n) is 2.40. The van der Waals surface area contributed by atoms with E-state index in [1.165, 1.54) is 0 Å². The van der Waals surface area contributed by atoms with Crippen molar-refractivity contribution in [3.05, 3.63) is 0 Å². The number of aliphatic hydroxyl groups is 1. The second-order valence-corrected chi connectivity index (χ2v) is 0.283. The predicted molar refractivity (Wildman–Crippen MR) is 14.5 cm³/mol. The van der Waals surface area contributed by atoms with Crippen molar-refractivity contribution in [1.29, 1.82) is 6.83 Å². The fourth-order valence-electron chi connectivity index (χ4n) is 0. The Morgan fingerprint density at radius 2 is 4.00 bits per heavy atom. The van der Waals surface area contributed by atoms with Crippen LogP contribution in [0.15, 0.2) is 0 Å². The number of rotatable bonds is 0. The third-order valence-corrected chi connectivity index (χ3v) is 0. The van der Waals surface area contributed by atoms with Gasteiger partial charge in [0.1, 0.15) is 0 Å². The van der Waals surface area contributed by atoms with Crippen LogP contribution in [0.5, 0.6) is 0 Å². The Bertz CT molecular complexity index is 92.0. The van der Waals surface area contributed by atoms with Gasteiger partial charge in [0.05, 0.1) is 0 Å². The lowest BCUT2D eigenvalue weighted by Crippen LogP contribution is -2.05. The maximum Gasteiger partial charge on any atom is 0.296 e. The van der Waals surface area contributed by atoms with Crippen LogP contribution in [0.25, 0.3) is 1.43 Å². The average molecular weight is 64.1 g/mol. The molecule has 0 atom stereocenters. The minimum Gasteiger partial charge on any atom is -0.481 e. The zero-order valence-corrected chi connectivity index (χ0v) is 1.80. The molecule has 0 heterocycles. The Balaban J connectivity index is 3.72.